The molecule has 15 nitrogen and oxygen atoms in total. The fourth-order valence-electron chi connectivity index (χ4n) is 8.45. The molecule has 3 aliphatic rings. The number of nitrogens with zero attached hydrogens (tertiary/aromatic N) is 4. The number of anilines is 2. The maximum Gasteiger partial charge on any atom is 0.293 e. The molecule has 0 unspecified atom stereocenters. The van der Waals surface area contributed by atoms with E-state index in [1.54, 1.807) is 24.4 Å². The van der Waals surface area contributed by atoms with Crippen molar-refractivity contribution in [2.45, 2.75) is 57.1 Å². The molecule has 8 rings (SSSR count). The number of hydrogen-bond donors (Lipinski definition) is 3. The summed E-state index contributed by atoms with van der Waals surface area (Å²) in [7, 11) is -4.59. The van der Waals surface area contributed by atoms with Crippen molar-refractivity contribution in [1.82, 2.24) is 19.6 Å². The summed E-state index contributed by atoms with van der Waals surface area (Å²) in [5.74, 6) is -0.517. The normalized spacial score (nSPS) is 19.6. The van der Waals surface area contributed by atoms with Crippen LogP contribution in [-0.2, 0) is 19.5 Å². The number of rotatable bonds is 13. The third kappa shape index (κ3) is 9.90. The number of allylic oxidation sites excluding steroid dienone is 1. The predicted molar refractivity (Wildman–Crippen MR) is 239 cm³/mol. The first-order valence-corrected chi connectivity index (χ1v) is 22.6. The number of nitro groups is 1. The highest BCUT2D eigenvalue weighted by Gasteiger charge is 2.32. The number of nitro benzene ring substituents is 1. The highest BCUT2D eigenvalue weighted by molar-refractivity contribution is 7.90. The van der Waals surface area contributed by atoms with Crippen LogP contribution in [-0.4, -0.2) is 98.8 Å². The van der Waals surface area contributed by atoms with Crippen LogP contribution in [0, 0.1) is 15.5 Å². The van der Waals surface area contributed by atoms with Gasteiger partial charge in [0.05, 0.1) is 47.5 Å². The van der Waals surface area contributed by atoms with Crippen molar-refractivity contribution in [3.8, 4) is 11.5 Å². The lowest BCUT2D eigenvalue weighted by atomic mass is 9.72. The van der Waals surface area contributed by atoms with Crippen molar-refractivity contribution in [3.05, 3.63) is 117 Å². The Hall–Kier alpha value is -5.52. The topological polar surface area (TPSA) is 181 Å². The molecule has 3 aromatic carbocycles. The molecule has 2 saturated heterocycles. The number of halogens is 1. The third-order valence-corrected chi connectivity index (χ3v) is 13.4. The minimum Gasteiger partial charge on any atom is -0.455 e. The molecule has 2 aromatic heterocycles. The zero-order valence-electron chi connectivity index (χ0n) is 34.9. The van der Waals surface area contributed by atoms with Gasteiger partial charge >= 0.3 is 0 Å². The molecule has 326 valence electrons. The lowest BCUT2D eigenvalue weighted by Crippen LogP contribution is -2.52. The van der Waals surface area contributed by atoms with Gasteiger partial charge in [-0.1, -0.05) is 43.2 Å². The fourth-order valence-corrected chi connectivity index (χ4v) is 9.56. The second-order valence-electron chi connectivity index (χ2n) is 16.9. The summed E-state index contributed by atoms with van der Waals surface area (Å²) in [4.78, 5) is 37.1. The van der Waals surface area contributed by atoms with Gasteiger partial charge < -0.3 is 29.4 Å². The van der Waals surface area contributed by atoms with Gasteiger partial charge in [-0.05, 0) is 91.3 Å². The van der Waals surface area contributed by atoms with E-state index in [9.17, 15) is 23.3 Å². The second-order valence-corrected chi connectivity index (χ2v) is 19.0. The molecular weight excluding hydrogens is 834 g/mol. The molecule has 4 heterocycles. The molecule has 0 bridgehead atoms. The second kappa shape index (κ2) is 18.1. The summed E-state index contributed by atoms with van der Waals surface area (Å²) in [5, 5.41) is 16.5. The first-order chi connectivity index (χ1) is 29.7. The Labute approximate surface area is 365 Å². The van der Waals surface area contributed by atoms with Crippen molar-refractivity contribution in [3.63, 3.8) is 0 Å². The van der Waals surface area contributed by atoms with Gasteiger partial charge in [0.1, 0.15) is 22.8 Å². The van der Waals surface area contributed by atoms with E-state index in [1.165, 1.54) is 41.1 Å². The summed E-state index contributed by atoms with van der Waals surface area (Å²) in [6.45, 7) is 11.4. The summed E-state index contributed by atoms with van der Waals surface area (Å²) < 4.78 is 46.8. The van der Waals surface area contributed by atoms with E-state index in [0.717, 1.165) is 54.5 Å². The summed E-state index contributed by atoms with van der Waals surface area (Å²) in [5.41, 5.74) is 5.32. The quantitative estimate of drug-likeness (QED) is 0.0766. The van der Waals surface area contributed by atoms with Crippen molar-refractivity contribution in [2.75, 3.05) is 62.8 Å². The standard InChI is InChI=1S/C45H50ClN7O8S/c1-29-26-52(17-16-51(29)27-32-23-45(2,3)14-12-38(32)30-4-6-33(46)7-5-30)34-8-10-39(42(21-34)61-35-20-31-13-15-47-43(31)49-24-35)44(54)50-62(57,58)37-9-11-40(41(22-37)53(55)56)48-25-36-28-59-18-19-60-36/h4-11,13,15,20-22,24,29,36,48H,12,14,16-19,23,25-28H2,1-3H3,(H,47,49)(H,50,54)/t29-,36-/m1/s1. The van der Waals surface area contributed by atoms with Gasteiger partial charge in [0.2, 0.25) is 0 Å². The number of aromatic amines is 1. The Bertz CT molecular complexity index is 2610. The number of piperazine rings is 1. The maximum atomic E-state index is 13.9. The number of nitrogens with one attached hydrogen (secondary N) is 3. The average molecular weight is 884 g/mol. The number of sulfonamides is 1. The van der Waals surface area contributed by atoms with Crippen LogP contribution in [0.3, 0.4) is 0 Å². The number of aromatic nitrogens is 2. The van der Waals surface area contributed by atoms with E-state index in [4.69, 9.17) is 25.8 Å². The van der Waals surface area contributed by atoms with Crippen LogP contribution in [0.5, 0.6) is 11.5 Å². The molecule has 62 heavy (non-hydrogen) atoms. The predicted octanol–water partition coefficient (Wildman–Crippen LogP) is 8.04. The van der Waals surface area contributed by atoms with Crippen molar-refractivity contribution in [2.24, 2.45) is 5.41 Å². The molecule has 17 heteroatoms. The molecule has 5 aromatic rings. The lowest BCUT2D eigenvalue weighted by molar-refractivity contribution is -0.384. The molecule has 3 N–H and O–H groups in total. The smallest absolute Gasteiger partial charge is 0.293 e. The van der Waals surface area contributed by atoms with E-state index < -0.39 is 31.4 Å². The van der Waals surface area contributed by atoms with Crippen molar-refractivity contribution >= 4 is 61.2 Å². The average Bonchev–Trinajstić information content (AvgIpc) is 3.72. The van der Waals surface area contributed by atoms with Crippen LogP contribution in [0.2, 0.25) is 5.02 Å². The SMILES string of the molecule is C[C@@H]1CN(c2ccc(C(=O)NS(=O)(=O)c3ccc(NC[C@@H]4COCCO4)c([N+](=O)[O-])c3)c(Oc3cnc4[nH]ccc4c3)c2)CCN1CC1=C(c2ccc(Cl)cc2)CCC(C)(C)C1. The number of carbonyl (C=O) groups excluding carboxylic acids is 1. The first-order valence-electron chi connectivity index (χ1n) is 20.7. The molecule has 1 aliphatic carbocycles. The van der Waals surface area contributed by atoms with Crippen molar-refractivity contribution < 1.29 is 32.3 Å². The van der Waals surface area contributed by atoms with Crippen LogP contribution >= 0.6 is 11.6 Å². The summed E-state index contributed by atoms with van der Waals surface area (Å²) >= 11 is 6.24. The zero-order valence-corrected chi connectivity index (χ0v) is 36.4. The van der Waals surface area contributed by atoms with E-state index in [2.05, 4.69) is 62.7 Å². The van der Waals surface area contributed by atoms with Gasteiger partial charge in [0, 0.05) is 73.2 Å². The monoisotopic (exact) mass is 883 g/mol. The molecule has 2 atom stereocenters. The highest BCUT2D eigenvalue weighted by atomic mass is 35.5. The van der Waals surface area contributed by atoms with Gasteiger partial charge in [0.25, 0.3) is 21.6 Å². The van der Waals surface area contributed by atoms with E-state index in [-0.39, 0.29) is 41.1 Å². The number of H-pyrrole nitrogens is 1. The van der Waals surface area contributed by atoms with Gasteiger partial charge in [-0.15, -0.1) is 0 Å². The van der Waals surface area contributed by atoms with Gasteiger partial charge in [-0.3, -0.25) is 19.8 Å². The van der Waals surface area contributed by atoms with E-state index >= 15 is 0 Å². The van der Waals surface area contributed by atoms with Gasteiger partial charge in [-0.25, -0.2) is 18.1 Å². The first kappa shape index (κ1) is 43.1. The Balaban J connectivity index is 1.02. The van der Waals surface area contributed by atoms with Crippen LogP contribution in [0.1, 0.15) is 56.0 Å². The molecule has 0 radical (unpaired) electrons. The summed E-state index contributed by atoms with van der Waals surface area (Å²) in [6, 6.07) is 20.4. The maximum absolute atomic E-state index is 13.9. The number of benzene rings is 3. The highest BCUT2D eigenvalue weighted by Crippen LogP contribution is 2.43. The molecule has 2 fully saturated rings. The van der Waals surface area contributed by atoms with E-state index in [1.807, 2.05) is 18.2 Å². The Morgan fingerprint density at radius 2 is 1.90 bits per heavy atom. The largest absolute Gasteiger partial charge is 0.455 e. The number of ether oxygens (including phenoxy) is 3. The van der Waals surface area contributed by atoms with Crippen LogP contribution < -0.4 is 19.7 Å². The van der Waals surface area contributed by atoms with Crippen LogP contribution in [0.4, 0.5) is 17.1 Å². The van der Waals surface area contributed by atoms with Crippen LogP contribution in [0.25, 0.3) is 16.6 Å². The molecule has 1 amide bonds. The minimum absolute atomic E-state index is 0.0535. The van der Waals surface area contributed by atoms with Gasteiger partial charge in [0.15, 0.2) is 0 Å². The number of carbonyl (C=O) groups is 1. The zero-order chi connectivity index (χ0) is 43.6. The number of fused-ring (bicyclic) bond motifs is 1. The molecular formula is C45H50ClN7O8S. The van der Waals surface area contributed by atoms with E-state index in [0.29, 0.717) is 44.3 Å². The van der Waals surface area contributed by atoms with Crippen LogP contribution in [0.15, 0.2) is 95.7 Å². The number of pyridine rings is 1. The number of hydrogen-bond acceptors (Lipinski definition) is 12. The minimum atomic E-state index is -4.59. The Morgan fingerprint density at radius 3 is 2.66 bits per heavy atom. The molecule has 0 spiro atoms. The van der Waals surface area contributed by atoms with Crippen molar-refractivity contribution in [1.29, 1.82) is 0 Å². The molecule has 0 saturated carbocycles. The number of amides is 1. The third-order valence-electron chi connectivity index (χ3n) is 11.8. The lowest BCUT2D eigenvalue weighted by Gasteiger charge is -2.43. The fraction of sp³-hybridized carbons (Fsp3) is 0.378. The van der Waals surface area contributed by atoms with Gasteiger partial charge in [-0.2, -0.15) is 0 Å². The molecule has 2 aliphatic heterocycles. The summed E-state index contributed by atoms with van der Waals surface area (Å²) in [6.07, 6.45) is 6.11. The Morgan fingerprint density at radius 1 is 1.08 bits per heavy atom. The Kier molecular flexibility index (Phi) is 12.6.